The van der Waals surface area contributed by atoms with Crippen LogP contribution in [0.4, 0.5) is 4.79 Å². The van der Waals surface area contributed by atoms with E-state index in [-0.39, 0.29) is 5.54 Å². The second-order valence-corrected chi connectivity index (χ2v) is 5.23. The van der Waals surface area contributed by atoms with Crippen molar-refractivity contribution in [2.24, 2.45) is 0 Å². The van der Waals surface area contributed by atoms with Crippen molar-refractivity contribution < 1.29 is 19.8 Å². The second kappa shape index (κ2) is 6.72. The lowest BCUT2D eigenvalue weighted by Crippen LogP contribution is -2.55. The Labute approximate surface area is 113 Å². The predicted octanol–water partition coefficient (Wildman–Crippen LogP) is -0.394. The molecule has 1 fully saturated rings. The van der Waals surface area contributed by atoms with E-state index in [1.54, 1.807) is 0 Å². The van der Waals surface area contributed by atoms with Gasteiger partial charge in [-0.1, -0.05) is 12.8 Å². The maximum atomic E-state index is 11.6. The molecule has 7 heteroatoms. The highest BCUT2D eigenvalue weighted by Crippen LogP contribution is 2.32. The number of carbonyl (C=O) groups is 2. The number of amides is 2. The van der Waals surface area contributed by atoms with E-state index >= 15 is 0 Å². The van der Waals surface area contributed by atoms with Crippen LogP contribution >= 0.6 is 0 Å². The Balaban J connectivity index is 2.46. The molecular weight excluding hydrogens is 250 g/mol. The third kappa shape index (κ3) is 4.07. The zero-order chi connectivity index (χ0) is 14.5. The Morgan fingerprint density at radius 2 is 1.89 bits per heavy atom. The molecule has 0 aromatic rings. The number of aliphatic carboxylic acids is 1. The van der Waals surface area contributed by atoms with Gasteiger partial charge in [-0.2, -0.15) is 0 Å². The van der Waals surface area contributed by atoms with Crippen molar-refractivity contribution in [2.45, 2.75) is 37.3 Å². The fraction of sp³-hybridized carbons (Fsp3) is 0.833. The molecule has 0 aromatic carbocycles. The molecule has 2 amide bonds. The van der Waals surface area contributed by atoms with E-state index < -0.39 is 24.6 Å². The number of hydrogen-bond acceptors (Lipinski definition) is 4. The fourth-order valence-electron chi connectivity index (χ4n) is 2.45. The third-order valence-electron chi connectivity index (χ3n) is 3.85. The van der Waals surface area contributed by atoms with Gasteiger partial charge in [0.05, 0.1) is 6.61 Å². The molecule has 1 aliphatic carbocycles. The number of carboxylic acid groups (broad SMARTS) is 1. The molecule has 0 aliphatic heterocycles. The monoisotopic (exact) mass is 273 g/mol. The van der Waals surface area contributed by atoms with E-state index in [0.717, 1.165) is 25.7 Å². The lowest BCUT2D eigenvalue weighted by Gasteiger charge is -2.36. The van der Waals surface area contributed by atoms with E-state index in [1.807, 2.05) is 14.1 Å². The lowest BCUT2D eigenvalue weighted by atomic mass is 9.96. The average Bonchev–Trinajstić information content (AvgIpc) is 2.83. The first-order valence-electron chi connectivity index (χ1n) is 6.47. The van der Waals surface area contributed by atoms with Gasteiger partial charge in [-0.25, -0.2) is 9.59 Å². The number of rotatable bonds is 6. The van der Waals surface area contributed by atoms with Crippen molar-refractivity contribution >= 4 is 12.0 Å². The molecule has 4 N–H and O–H groups in total. The zero-order valence-corrected chi connectivity index (χ0v) is 11.5. The zero-order valence-electron chi connectivity index (χ0n) is 11.5. The molecule has 0 saturated heterocycles. The maximum absolute atomic E-state index is 11.6. The summed E-state index contributed by atoms with van der Waals surface area (Å²) in [6.07, 6.45) is 4.30. The highest BCUT2D eigenvalue weighted by Gasteiger charge is 2.36. The number of carboxylic acids is 1. The summed E-state index contributed by atoms with van der Waals surface area (Å²) in [5.74, 6) is -1.25. The van der Waals surface area contributed by atoms with Crippen LogP contribution in [0.5, 0.6) is 0 Å². The van der Waals surface area contributed by atoms with E-state index in [2.05, 4.69) is 15.5 Å². The molecule has 1 unspecified atom stereocenters. The standard InChI is InChI=1S/C12H23N3O4/c1-15(2)12(5-3-4-6-12)8-13-11(19)14-9(7-16)10(17)18/h9,16H,3-8H2,1-2H3,(H,17,18)(H2,13,14,19). The van der Waals surface area contributed by atoms with Gasteiger partial charge >= 0.3 is 12.0 Å². The summed E-state index contributed by atoms with van der Waals surface area (Å²) in [5.41, 5.74) is -0.0464. The largest absolute Gasteiger partial charge is 0.480 e. The Morgan fingerprint density at radius 3 is 2.32 bits per heavy atom. The topological polar surface area (TPSA) is 102 Å². The van der Waals surface area contributed by atoms with Gasteiger partial charge in [0.25, 0.3) is 0 Å². The minimum absolute atomic E-state index is 0.0464. The van der Waals surface area contributed by atoms with E-state index in [4.69, 9.17) is 10.2 Å². The van der Waals surface area contributed by atoms with Crippen molar-refractivity contribution in [2.75, 3.05) is 27.2 Å². The number of aliphatic hydroxyl groups excluding tert-OH is 1. The fourth-order valence-corrected chi connectivity index (χ4v) is 2.45. The van der Waals surface area contributed by atoms with E-state index in [0.29, 0.717) is 6.54 Å². The highest BCUT2D eigenvalue weighted by atomic mass is 16.4. The molecule has 110 valence electrons. The summed E-state index contributed by atoms with van der Waals surface area (Å²) in [6, 6.07) is -1.83. The minimum atomic E-state index is -1.26. The first kappa shape index (κ1) is 15.7. The van der Waals surface area contributed by atoms with Crippen LogP contribution in [0, 0.1) is 0 Å². The molecule has 1 aliphatic rings. The highest BCUT2D eigenvalue weighted by molar-refractivity contribution is 5.82. The molecule has 0 aromatic heterocycles. The summed E-state index contributed by atoms with van der Waals surface area (Å²) >= 11 is 0. The number of nitrogens with zero attached hydrogens (tertiary/aromatic N) is 1. The van der Waals surface area contributed by atoms with Crippen LogP contribution in [0.1, 0.15) is 25.7 Å². The molecule has 19 heavy (non-hydrogen) atoms. The predicted molar refractivity (Wildman–Crippen MR) is 69.9 cm³/mol. The van der Waals surface area contributed by atoms with Gasteiger partial charge in [-0.15, -0.1) is 0 Å². The van der Waals surface area contributed by atoms with Crippen molar-refractivity contribution in [3.8, 4) is 0 Å². The van der Waals surface area contributed by atoms with Crippen LogP contribution in [0.2, 0.25) is 0 Å². The smallest absolute Gasteiger partial charge is 0.328 e. The van der Waals surface area contributed by atoms with Gasteiger partial charge < -0.3 is 25.7 Å². The maximum Gasteiger partial charge on any atom is 0.328 e. The van der Waals surface area contributed by atoms with Crippen LogP contribution < -0.4 is 10.6 Å². The van der Waals surface area contributed by atoms with Crippen LogP contribution in [0.25, 0.3) is 0 Å². The molecule has 7 nitrogen and oxygen atoms in total. The van der Waals surface area contributed by atoms with Crippen LogP contribution in [-0.2, 0) is 4.79 Å². The minimum Gasteiger partial charge on any atom is -0.480 e. The number of nitrogens with one attached hydrogen (secondary N) is 2. The normalized spacial score (nSPS) is 19.2. The molecular formula is C12H23N3O4. The molecule has 0 spiro atoms. The summed E-state index contributed by atoms with van der Waals surface area (Å²) < 4.78 is 0. The van der Waals surface area contributed by atoms with E-state index in [9.17, 15) is 9.59 Å². The summed E-state index contributed by atoms with van der Waals surface area (Å²) in [5, 5.41) is 22.5. The molecule has 1 saturated carbocycles. The second-order valence-electron chi connectivity index (χ2n) is 5.23. The van der Waals surface area contributed by atoms with Crippen LogP contribution in [-0.4, -0.2) is 65.9 Å². The Kier molecular flexibility index (Phi) is 5.56. The van der Waals surface area contributed by atoms with Gasteiger partial charge in [-0.05, 0) is 26.9 Å². The molecule has 0 heterocycles. The Morgan fingerprint density at radius 1 is 1.32 bits per heavy atom. The summed E-state index contributed by atoms with van der Waals surface area (Å²) in [4.78, 5) is 24.4. The number of carbonyl (C=O) groups excluding carboxylic acids is 1. The number of urea groups is 1. The summed E-state index contributed by atoms with van der Waals surface area (Å²) in [6.45, 7) is -0.148. The summed E-state index contributed by atoms with van der Waals surface area (Å²) in [7, 11) is 3.97. The molecule has 0 radical (unpaired) electrons. The Bertz CT molecular complexity index is 327. The SMILES string of the molecule is CN(C)C1(CNC(=O)NC(CO)C(=O)O)CCCC1. The average molecular weight is 273 g/mol. The first-order chi connectivity index (χ1) is 8.91. The van der Waals surface area contributed by atoms with Gasteiger partial charge in [0, 0.05) is 12.1 Å². The Hall–Kier alpha value is -1.34. The van der Waals surface area contributed by atoms with Crippen LogP contribution in [0.3, 0.4) is 0 Å². The quantitative estimate of drug-likeness (QED) is 0.528. The van der Waals surface area contributed by atoms with Crippen molar-refractivity contribution in [1.29, 1.82) is 0 Å². The van der Waals surface area contributed by atoms with Crippen molar-refractivity contribution in [3.05, 3.63) is 0 Å². The third-order valence-corrected chi connectivity index (χ3v) is 3.85. The van der Waals surface area contributed by atoms with Crippen molar-refractivity contribution in [3.63, 3.8) is 0 Å². The van der Waals surface area contributed by atoms with Gasteiger partial charge in [0.1, 0.15) is 0 Å². The van der Waals surface area contributed by atoms with Gasteiger partial charge in [0.2, 0.25) is 0 Å². The molecule has 0 bridgehead atoms. The first-order valence-corrected chi connectivity index (χ1v) is 6.47. The molecule has 1 rings (SSSR count). The molecule has 1 atom stereocenters. The lowest BCUT2D eigenvalue weighted by molar-refractivity contribution is -0.140. The number of likely N-dealkylation sites (N-methyl/N-ethyl adjacent to an activating group) is 1. The number of aliphatic hydroxyl groups is 1. The van der Waals surface area contributed by atoms with Crippen molar-refractivity contribution in [1.82, 2.24) is 15.5 Å². The van der Waals surface area contributed by atoms with E-state index in [1.165, 1.54) is 0 Å². The number of hydrogen-bond donors (Lipinski definition) is 4. The van der Waals surface area contributed by atoms with Gasteiger partial charge in [-0.3, -0.25) is 0 Å². The van der Waals surface area contributed by atoms with Gasteiger partial charge in [0.15, 0.2) is 6.04 Å². The van der Waals surface area contributed by atoms with Crippen LogP contribution in [0.15, 0.2) is 0 Å².